The van der Waals surface area contributed by atoms with Crippen LogP contribution in [-0.2, 0) is 9.54 Å². The van der Waals surface area contributed by atoms with Gasteiger partial charge in [-0.2, -0.15) is 0 Å². The smallest absolute Gasteiger partial charge is 0.247 e. The molecule has 0 spiro atoms. The van der Waals surface area contributed by atoms with Crippen molar-refractivity contribution in [1.29, 1.82) is 0 Å². The fourth-order valence-electron chi connectivity index (χ4n) is 2.40. The Labute approximate surface area is 112 Å². The zero-order chi connectivity index (χ0) is 13.2. The third kappa shape index (κ3) is 1.79. The molecule has 94 valence electrons. The van der Waals surface area contributed by atoms with Crippen LogP contribution in [0.4, 0.5) is 5.69 Å². The average molecular weight is 259 g/mol. The summed E-state index contributed by atoms with van der Waals surface area (Å²) in [6, 6.07) is 7.98. The summed E-state index contributed by atoms with van der Waals surface area (Å²) in [4.78, 5) is 14.3. The highest BCUT2D eigenvalue weighted by molar-refractivity contribution is 8.01. The molecule has 1 aliphatic rings. The number of fused-ring (bicyclic) bond motifs is 1. The second kappa shape index (κ2) is 5.02. The molecular weight excluding hydrogens is 242 g/mol. The number of thioether (sulfide) groups is 1. The summed E-state index contributed by atoms with van der Waals surface area (Å²) in [5, 5.41) is 0. The van der Waals surface area contributed by atoms with Crippen molar-refractivity contribution >= 4 is 23.4 Å². The molecule has 2 rings (SSSR count). The van der Waals surface area contributed by atoms with E-state index in [0.29, 0.717) is 6.42 Å². The van der Waals surface area contributed by atoms with Gasteiger partial charge in [-0.1, -0.05) is 30.4 Å². The first-order valence-electron chi connectivity index (χ1n) is 5.91. The molecule has 1 heterocycles. The van der Waals surface area contributed by atoms with E-state index in [1.54, 1.807) is 16.7 Å². The molecule has 1 amide bonds. The second-order valence-electron chi connectivity index (χ2n) is 4.30. The molecule has 0 saturated heterocycles. The highest BCUT2D eigenvalue weighted by Gasteiger charge is 2.48. The normalized spacial score (nSPS) is 21.8. The van der Waals surface area contributed by atoms with Gasteiger partial charge in [0.2, 0.25) is 5.91 Å². The molecule has 1 unspecified atom stereocenters. The SMILES string of the molecule is C=CCSC1(CC=C)C(=O)N(C)c2ccccc21. The van der Waals surface area contributed by atoms with Gasteiger partial charge in [0, 0.05) is 24.1 Å². The maximum Gasteiger partial charge on any atom is 0.247 e. The van der Waals surface area contributed by atoms with Crippen molar-refractivity contribution in [2.75, 3.05) is 17.7 Å². The van der Waals surface area contributed by atoms with E-state index in [-0.39, 0.29) is 5.91 Å². The van der Waals surface area contributed by atoms with Crippen molar-refractivity contribution in [2.24, 2.45) is 0 Å². The summed E-state index contributed by atoms with van der Waals surface area (Å²) < 4.78 is -0.527. The van der Waals surface area contributed by atoms with Crippen LogP contribution in [0.1, 0.15) is 12.0 Å². The Balaban J connectivity index is 2.54. The molecule has 1 atom stereocenters. The molecule has 1 aromatic rings. The van der Waals surface area contributed by atoms with Gasteiger partial charge in [-0.05, 0) is 12.5 Å². The van der Waals surface area contributed by atoms with Gasteiger partial charge in [-0.15, -0.1) is 24.9 Å². The highest BCUT2D eigenvalue weighted by Crippen LogP contribution is 2.50. The lowest BCUT2D eigenvalue weighted by molar-refractivity contribution is -0.120. The monoisotopic (exact) mass is 259 g/mol. The molecule has 0 radical (unpaired) electrons. The number of rotatable bonds is 5. The van der Waals surface area contributed by atoms with Crippen LogP contribution in [-0.4, -0.2) is 18.7 Å². The summed E-state index contributed by atoms with van der Waals surface area (Å²) in [6.45, 7) is 7.54. The van der Waals surface area contributed by atoms with E-state index >= 15 is 0 Å². The predicted molar refractivity (Wildman–Crippen MR) is 79.0 cm³/mol. The minimum atomic E-state index is -0.527. The lowest BCUT2D eigenvalue weighted by atomic mass is 9.96. The zero-order valence-electron chi connectivity index (χ0n) is 10.6. The van der Waals surface area contributed by atoms with Crippen LogP contribution < -0.4 is 4.90 Å². The zero-order valence-corrected chi connectivity index (χ0v) is 11.4. The Morgan fingerprint density at radius 1 is 1.33 bits per heavy atom. The van der Waals surface area contributed by atoms with Gasteiger partial charge in [0.25, 0.3) is 0 Å². The number of allylic oxidation sites excluding steroid dienone is 1. The molecule has 0 N–H and O–H groups in total. The fraction of sp³-hybridized carbons (Fsp3) is 0.267. The molecule has 2 nitrogen and oxygen atoms in total. The van der Waals surface area contributed by atoms with E-state index in [0.717, 1.165) is 17.0 Å². The number of hydrogen-bond donors (Lipinski definition) is 0. The van der Waals surface area contributed by atoms with E-state index < -0.39 is 4.75 Å². The first-order valence-corrected chi connectivity index (χ1v) is 6.89. The van der Waals surface area contributed by atoms with Crippen LogP contribution >= 0.6 is 11.8 Å². The summed E-state index contributed by atoms with van der Waals surface area (Å²) in [5.74, 6) is 0.886. The van der Waals surface area contributed by atoms with Crippen molar-refractivity contribution < 1.29 is 4.79 Å². The fourth-order valence-corrected chi connectivity index (χ4v) is 3.63. The molecular formula is C15H17NOS. The Bertz CT molecular complexity index is 497. The number of hydrogen-bond acceptors (Lipinski definition) is 2. The molecule has 0 saturated carbocycles. The van der Waals surface area contributed by atoms with Crippen molar-refractivity contribution in [3.63, 3.8) is 0 Å². The van der Waals surface area contributed by atoms with Crippen LogP contribution in [0.25, 0.3) is 0 Å². The third-order valence-corrected chi connectivity index (χ3v) is 4.69. The third-order valence-electron chi connectivity index (χ3n) is 3.23. The summed E-state index contributed by atoms with van der Waals surface area (Å²) in [5.41, 5.74) is 2.09. The van der Waals surface area contributed by atoms with Gasteiger partial charge in [0.05, 0.1) is 0 Å². The van der Waals surface area contributed by atoms with Crippen molar-refractivity contribution in [1.82, 2.24) is 0 Å². The Morgan fingerprint density at radius 2 is 2.06 bits per heavy atom. The van der Waals surface area contributed by atoms with E-state index in [9.17, 15) is 4.79 Å². The topological polar surface area (TPSA) is 20.3 Å². The summed E-state index contributed by atoms with van der Waals surface area (Å²) >= 11 is 1.63. The molecule has 0 fully saturated rings. The van der Waals surface area contributed by atoms with Crippen LogP contribution in [0.15, 0.2) is 49.6 Å². The van der Waals surface area contributed by atoms with Crippen LogP contribution in [0.2, 0.25) is 0 Å². The number of carbonyl (C=O) groups excluding carboxylic acids is 1. The van der Waals surface area contributed by atoms with E-state index in [4.69, 9.17) is 0 Å². The molecule has 0 bridgehead atoms. The molecule has 1 aromatic carbocycles. The Morgan fingerprint density at radius 3 is 2.72 bits per heavy atom. The predicted octanol–water partition coefficient (Wildman–Crippen LogP) is 3.35. The quantitative estimate of drug-likeness (QED) is 0.756. The standard InChI is InChI=1S/C15H17NOS/c1-4-10-15(18-11-5-2)12-8-6-7-9-13(12)16(3)14(15)17/h4-9H,1-2,10-11H2,3H3. The largest absolute Gasteiger partial charge is 0.314 e. The van der Waals surface area contributed by atoms with Gasteiger partial charge in [0.1, 0.15) is 4.75 Å². The summed E-state index contributed by atoms with van der Waals surface area (Å²) in [6.07, 6.45) is 4.30. The van der Waals surface area contributed by atoms with Gasteiger partial charge >= 0.3 is 0 Å². The average Bonchev–Trinajstić information content (AvgIpc) is 2.61. The first kappa shape index (κ1) is 13.0. The number of para-hydroxylation sites is 1. The Kier molecular flexibility index (Phi) is 3.62. The molecule has 18 heavy (non-hydrogen) atoms. The molecule has 3 heteroatoms. The van der Waals surface area contributed by atoms with Gasteiger partial charge in [-0.3, -0.25) is 4.79 Å². The number of likely N-dealkylation sites (N-methyl/N-ethyl adjacent to an activating group) is 1. The maximum atomic E-state index is 12.6. The number of anilines is 1. The minimum absolute atomic E-state index is 0.135. The number of benzene rings is 1. The van der Waals surface area contributed by atoms with Crippen LogP contribution in [0.5, 0.6) is 0 Å². The van der Waals surface area contributed by atoms with E-state index in [1.807, 2.05) is 43.5 Å². The van der Waals surface area contributed by atoms with Crippen molar-refractivity contribution in [3.8, 4) is 0 Å². The minimum Gasteiger partial charge on any atom is -0.314 e. The van der Waals surface area contributed by atoms with Crippen LogP contribution in [0, 0.1) is 0 Å². The van der Waals surface area contributed by atoms with Gasteiger partial charge in [0.15, 0.2) is 0 Å². The van der Waals surface area contributed by atoms with Gasteiger partial charge < -0.3 is 4.90 Å². The molecule has 0 aromatic heterocycles. The van der Waals surface area contributed by atoms with Crippen molar-refractivity contribution in [2.45, 2.75) is 11.2 Å². The Hall–Kier alpha value is -1.48. The summed E-state index contributed by atoms with van der Waals surface area (Å²) in [7, 11) is 1.83. The van der Waals surface area contributed by atoms with Crippen molar-refractivity contribution in [3.05, 3.63) is 55.1 Å². The lowest BCUT2D eigenvalue weighted by Crippen LogP contribution is -2.35. The van der Waals surface area contributed by atoms with Crippen LogP contribution in [0.3, 0.4) is 0 Å². The second-order valence-corrected chi connectivity index (χ2v) is 5.62. The number of amides is 1. The number of nitrogens with zero attached hydrogens (tertiary/aromatic N) is 1. The molecule has 0 aliphatic carbocycles. The molecule has 1 aliphatic heterocycles. The maximum absolute atomic E-state index is 12.6. The van der Waals surface area contributed by atoms with Gasteiger partial charge in [-0.25, -0.2) is 0 Å². The highest BCUT2D eigenvalue weighted by atomic mass is 32.2. The number of carbonyl (C=O) groups is 1. The first-order chi connectivity index (χ1) is 8.67. The van der Waals surface area contributed by atoms with E-state index in [1.165, 1.54) is 0 Å². The van der Waals surface area contributed by atoms with E-state index in [2.05, 4.69) is 13.2 Å². The lowest BCUT2D eigenvalue weighted by Gasteiger charge is -2.25.